The first kappa shape index (κ1) is 14.6. The Hall–Kier alpha value is -1.82. The number of benzene rings is 2. The van der Waals surface area contributed by atoms with Crippen LogP contribution in [0.3, 0.4) is 0 Å². The van der Waals surface area contributed by atoms with Crippen molar-refractivity contribution in [2.45, 2.75) is 6.54 Å². The van der Waals surface area contributed by atoms with Crippen LogP contribution in [0.15, 0.2) is 40.9 Å². The summed E-state index contributed by atoms with van der Waals surface area (Å²) in [7, 11) is 0. The third-order valence-electron chi connectivity index (χ3n) is 2.64. The lowest BCUT2D eigenvalue weighted by Crippen LogP contribution is -2.25. The first-order valence-electron chi connectivity index (χ1n) is 5.65. The molecule has 0 saturated heterocycles. The number of amides is 1. The van der Waals surface area contributed by atoms with E-state index < -0.39 is 28.9 Å². The van der Waals surface area contributed by atoms with Crippen LogP contribution in [0.25, 0.3) is 0 Å². The van der Waals surface area contributed by atoms with Gasteiger partial charge >= 0.3 is 0 Å². The first-order chi connectivity index (χ1) is 9.49. The maximum atomic E-state index is 13.5. The van der Waals surface area contributed by atoms with Gasteiger partial charge < -0.3 is 5.32 Å². The zero-order chi connectivity index (χ0) is 14.7. The molecule has 1 amide bonds. The van der Waals surface area contributed by atoms with E-state index in [-0.39, 0.29) is 12.1 Å². The fraction of sp³-hybridized carbons (Fsp3) is 0.0714. The average molecular weight is 344 g/mol. The summed E-state index contributed by atoms with van der Waals surface area (Å²) in [5, 5.41) is 2.28. The molecule has 6 heteroatoms. The van der Waals surface area contributed by atoms with E-state index in [2.05, 4.69) is 21.2 Å². The van der Waals surface area contributed by atoms with Gasteiger partial charge in [0.15, 0.2) is 0 Å². The zero-order valence-corrected chi connectivity index (χ0v) is 11.7. The summed E-state index contributed by atoms with van der Waals surface area (Å²) in [6.45, 7) is -0.161. The summed E-state index contributed by atoms with van der Waals surface area (Å²) in [5.74, 6) is -3.37. The Morgan fingerprint density at radius 2 is 1.70 bits per heavy atom. The molecular formula is C14H9BrF3NO. The predicted molar refractivity (Wildman–Crippen MR) is 71.6 cm³/mol. The van der Waals surface area contributed by atoms with Crippen molar-refractivity contribution < 1.29 is 18.0 Å². The molecule has 104 valence electrons. The van der Waals surface area contributed by atoms with E-state index >= 15 is 0 Å². The summed E-state index contributed by atoms with van der Waals surface area (Å²) in [4.78, 5) is 11.7. The highest BCUT2D eigenvalue weighted by Crippen LogP contribution is 2.16. The van der Waals surface area contributed by atoms with E-state index in [4.69, 9.17) is 0 Å². The van der Waals surface area contributed by atoms with Crippen molar-refractivity contribution in [3.8, 4) is 0 Å². The topological polar surface area (TPSA) is 29.1 Å². The Balaban J connectivity index is 2.13. The monoisotopic (exact) mass is 343 g/mol. The van der Waals surface area contributed by atoms with Crippen LogP contribution in [0.1, 0.15) is 15.9 Å². The molecule has 0 saturated carbocycles. The van der Waals surface area contributed by atoms with Crippen LogP contribution in [0.4, 0.5) is 13.2 Å². The molecule has 0 heterocycles. The largest absolute Gasteiger partial charge is 0.348 e. The lowest BCUT2D eigenvalue weighted by atomic mass is 10.1. The molecule has 0 radical (unpaired) electrons. The molecule has 0 unspecified atom stereocenters. The minimum atomic E-state index is -0.959. The smallest absolute Gasteiger partial charge is 0.257 e. The van der Waals surface area contributed by atoms with Crippen LogP contribution in [-0.2, 0) is 6.54 Å². The average Bonchev–Trinajstić information content (AvgIpc) is 2.37. The van der Waals surface area contributed by atoms with Crippen molar-refractivity contribution in [3.05, 3.63) is 69.4 Å². The van der Waals surface area contributed by atoms with Crippen LogP contribution in [-0.4, -0.2) is 5.91 Å². The number of hydrogen-bond donors (Lipinski definition) is 1. The van der Waals surface area contributed by atoms with Gasteiger partial charge in [0.1, 0.15) is 23.0 Å². The highest BCUT2D eigenvalue weighted by atomic mass is 79.9. The van der Waals surface area contributed by atoms with Crippen molar-refractivity contribution in [3.63, 3.8) is 0 Å². The molecule has 2 rings (SSSR count). The van der Waals surface area contributed by atoms with E-state index in [9.17, 15) is 18.0 Å². The summed E-state index contributed by atoms with van der Waals surface area (Å²) >= 11 is 3.11. The van der Waals surface area contributed by atoms with Crippen molar-refractivity contribution in [1.82, 2.24) is 5.32 Å². The van der Waals surface area contributed by atoms with Gasteiger partial charge in [-0.3, -0.25) is 4.79 Å². The second kappa shape index (κ2) is 6.09. The predicted octanol–water partition coefficient (Wildman–Crippen LogP) is 3.80. The minimum Gasteiger partial charge on any atom is -0.348 e. The molecule has 0 aliphatic heterocycles. The molecule has 0 aliphatic carbocycles. The van der Waals surface area contributed by atoms with Gasteiger partial charge in [-0.15, -0.1) is 0 Å². The number of halogens is 4. The molecular weight excluding hydrogens is 335 g/mol. The molecule has 1 N–H and O–H groups in total. The zero-order valence-electron chi connectivity index (χ0n) is 10.1. The van der Waals surface area contributed by atoms with E-state index in [1.165, 1.54) is 12.1 Å². The van der Waals surface area contributed by atoms with Crippen molar-refractivity contribution in [1.29, 1.82) is 0 Å². The molecule has 0 bridgehead atoms. The highest BCUT2D eigenvalue weighted by Gasteiger charge is 2.17. The van der Waals surface area contributed by atoms with Crippen LogP contribution >= 0.6 is 15.9 Å². The second-order valence-electron chi connectivity index (χ2n) is 4.02. The third kappa shape index (κ3) is 3.19. The molecule has 0 aromatic heterocycles. The Bertz CT molecular complexity index is 641. The minimum absolute atomic E-state index is 0.161. The molecule has 0 spiro atoms. The number of carbonyl (C=O) groups excluding carboxylic acids is 1. The normalized spacial score (nSPS) is 10.4. The molecule has 2 nitrogen and oxygen atoms in total. The first-order valence-corrected chi connectivity index (χ1v) is 6.44. The van der Waals surface area contributed by atoms with Gasteiger partial charge in [0, 0.05) is 16.6 Å². The molecule has 2 aromatic rings. The van der Waals surface area contributed by atoms with Crippen LogP contribution in [0, 0.1) is 17.5 Å². The maximum absolute atomic E-state index is 13.5. The lowest BCUT2D eigenvalue weighted by Gasteiger charge is -2.08. The van der Waals surface area contributed by atoms with E-state index in [0.717, 1.165) is 18.2 Å². The van der Waals surface area contributed by atoms with Crippen molar-refractivity contribution in [2.75, 3.05) is 0 Å². The standard InChI is InChI=1S/C14H9BrF3NO/c15-9-5-4-8(12(18)6-9)7-19-14(20)13-10(16)2-1-3-11(13)17/h1-6H,7H2,(H,19,20). The van der Waals surface area contributed by atoms with Gasteiger partial charge in [0.2, 0.25) is 0 Å². The van der Waals surface area contributed by atoms with Gasteiger partial charge in [-0.1, -0.05) is 28.1 Å². The summed E-state index contributed by atoms with van der Waals surface area (Å²) < 4.78 is 40.8. The van der Waals surface area contributed by atoms with Crippen LogP contribution in [0.5, 0.6) is 0 Å². The van der Waals surface area contributed by atoms with Gasteiger partial charge in [0.05, 0.1) is 0 Å². The molecule has 0 fully saturated rings. The van der Waals surface area contributed by atoms with Gasteiger partial charge in [-0.25, -0.2) is 13.2 Å². The summed E-state index contributed by atoms with van der Waals surface area (Å²) in [6, 6.07) is 7.45. The SMILES string of the molecule is O=C(NCc1ccc(Br)cc1F)c1c(F)cccc1F. The fourth-order valence-corrected chi connectivity index (χ4v) is 1.98. The quantitative estimate of drug-likeness (QED) is 0.902. The van der Waals surface area contributed by atoms with Crippen LogP contribution in [0.2, 0.25) is 0 Å². The highest BCUT2D eigenvalue weighted by molar-refractivity contribution is 9.10. The fourth-order valence-electron chi connectivity index (χ4n) is 1.64. The second-order valence-corrected chi connectivity index (χ2v) is 4.93. The Morgan fingerprint density at radius 3 is 2.30 bits per heavy atom. The lowest BCUT2D eigenvalue weighted by molar-refractivity contribution is 0.0942. The van der Waals surface area contributed by atoms with Crippen molar-refractivity contribution in [2.24, 2.45) is 0 Å². The summed E-state index contributed by atoms with van der Waals surface area (Å²) in [6.07, 6.45) is 0. The van der Waals surface area contributed by atoms with Gasteiger partial charge in [-0.2, -0.15) is 0 Å². The Morgan fingerprint density at radius 1 is 1.05 bits per heavy atom. The van der Waals surface area contributed by atoms with E-state index in [0.29, 0.717) is 4.47 Å². The van der Waals surface area contributed by atoms with Gasteiger partial charge in [0.25, 0.3) is 5.91 Å². The third-order valence-corrected chi connectivity index (χ3v) is 3.14. The number of carbonyl (C=O) groups is 1. The number of rotatable bonds is 3. The molecule has 20 heavy (non-hydrogen) atoms. The Kier molecular flexibility index (Phi) is 4.44. The number of nitrogens with one attached hydrogen (secondary N) is 1. The van der Waals surface area contributed by atoms with Gasteiger partial charge in [-0.05, 0) is 24.3 Å². The molecule has 2 aromatic carbocycles. The van der Waals surface area contributed by atoms with Crippen molar-refractivity contribution >= 4 is 21.8 Å². The number of hydrogen-bond acceptors (Lipinski definition) is 1. The molecule has 0 atom stereocenters. The molecule has 0 aliphatic rings. The van der Waals surface area contributed by atoms with E-state index in [1.54, 1.807) is 6.07 Å². The van der Waals surface area contributed by atoms with Crippen LogP contribution < -0.4 is 5.32 Å². The maximum Gasteiger partial charge on any atom is 0.257 e. The summed E-state index contributed by atoms with van der Waals surface area (Å²) in [5.41, 5.74) is -0.455. The van der Waals surface area contributed by atoms with E-state index in [1.807, 2.05) is 0 Å². The Labute approximate surface area is 121 Å².